The van der Waals surface area contributed by atoms with E-state index in [1.165, 1.54) is 51.4 Å². The van der Waals surface area contributed by atoms with Gasteiger partial charge in [0.15, 0.2) is 6.17 Å². The van der Waals surface area contributed by atoms with Crippen molar-refractivity contribution < 1.29 is 13.2 Å². The van der Waals surface area contributed by atoms with Crippen LogP contribution in [0.5, 0.6) is 0 Å². The van der Waals surface area contributed by atoms with Crippen LogP contribution in [0.2, 0.25) is 0 Å². The smallest absolute Gasteiger partial charge is 0.256 e. The van der Waals surface area contributed by atoms with Crippen LogP contribution in [0.25, 0.3) is 0 Å². The lowest BCUT2D eigenvalue weighted by Crippen LogP contribution is -2.45. The molecule has 1 unspecified atom stereocenters. The third kappa shape index (κ3) is 14.1. The maximum absolute atomic E-state index is 13.6. The van der Waals surface area contributed by atoms with E-state index in [-0.39, 0.29) is 13.0 Å². The van der Waals surface area contributed by atoms with E-state index < -0.39 is 12.2 Å². The first-order valence-corrected chi connectivity index (χ1v) is 10.3. The summed E-state index contributed by atoms with van der Waals surface area (Å²) in [6, 6.07) is -3.37. The minimum atomic E-state index is -3.37. The zero-order valence-electron chi connectivity index (χ0n) is 16.0. The summed E-state index contributed by atoms with van der Waals surface area (Å²) in [7, 11) is 0. The van der Waals surface area contributed by atoms with Gasteiger partial charge in [-0.1, -0.05) is 97.3 Å². The fourth-order valence-electron chi connectivity index (χ4n) is 2.89. The van der Waals surface area contributed by atoms with Crippen molar-refractivity contribution in [3.63, 3.8) is 0 Å². The van der Waals surface area contributed by atoms with Gasteiger partial charge in [0.25, 0.3) is 0 Å². The van der Waals surface area contributed by atoms with Gasteiger partial charge in [-0.2, -0.15) is 8.78 Å². The molecule has 1 atom stereocenters. The van der Waals surface area contributed by atoms with Crippen molar-refractivity contribution in [2.75, 3.05) is 6.54 Å². The quantitative estimate of drug-likeness (QED) is 0.200. The molecule has 0 aromatic heterocycles. The molecule has 0 rings (SSSR count). The number of hydrogen-bond donors (Lipinski definition) is 1. The fraction of sp³-hybridized carbons (Fsp3) is 1.00. The van der Waals surface area contributed by atoms with Gasteiger partial charge in [-0.25, -0.2) is 4.39 Å². The molecule has 24 heavy (non-hydrogen) atoms. The predicted molar refractivity (Wildman–Crippen MR) is 98.4 cm³/mol. The summed E-state index contributed by atoms with van der Waals surface area (Å²) in [5.74, 6) is 0. The molecule has 1 N–H and O–H groups in total. The summed E-state index contributed by atoms with van der Waals surface area (Å²) in [6.07, 6.45) is 13.5. The normalized spacial score (nSPS) is 13.4. The van der Waals surface area contributed by atoms with Crippen LogP contribution < -0.4 is 5.32 Å². The standard InChI is InChI=1S/C20H40F3N/c1-3-5-7-8-9-10-11-12-13-14-15-16-17-19(21)20(22,23)24-18-6-4-2/h19,24H,3-18H2,1-2H3. The summed E-state index contributed by atoms with van der Waals surface area (Å²) in [4.78, 5) is 0. The molecule has 0 bridgehead atoms. The van der Waals surface area contributed by atoms with E-state index in [2.05, 4.69) is 6.92 Å². The predicted octanol–water partition coefficient (Wildman–Crippen LogP) is 7.40. The molecule has 0 aliphatic rings. The SMILES string of the molecule is CCCCCCCCCCCCCCC(F)C(F)(F)NCCCC. The van der Waals surface area contributed by atoms with E-state index in [9.17, 15) is 13.2 Å². The zero-order chi connectivity index (χ0) is 18.1. The Kier molecular flexibility index (Phi) is 16.1. The van der Waals surface area contributed by atoms with Crippen molar-refractivity contribution in [2.24, 2.45) is 0 Å². The van der Waals surface area contributed by atoms with E-state index in [0.717, 1.165) is 25.7 Å². The third-order valence-electron chi connectivity index (χ3n) is 4.60. The Balaban J connectivity index is 3.39. The van der Waals surface area contributed by atoms with Gasteiger partial charge >= 0.3 is 6.05 Å². The lowest BCUT2D eigenvalue weighted by atomic mass is 10.0. The highest BCUT2D eigenvalue weighted by atomic mass is 19.3. The molecule has 0 aromatic rings. The van der Waals surface area contributed by atoms with Crippen molar-refractivity contribution in [2.45, 2.75) is 122 Å². The highest BCUT2D eigenvalue weighted by Gasteiger charge is 2.38. The number of unbranched alkanes of at least 4 members (excludes halogenated alkanes) is 12. The van der Waals surface area contributed by atoms with Crippen molar-refractivity contribution in [3.05, 3.63) is 0 Å². The molecule has 0 aromatic carbocycles. The molecule has 0 aliphatic heterocycles. The summed E-state index contributed by atoms with van der Waals surface area (Å²) in [6.45, 7) is 4.34. The second-order valence-electron chi connectivity index (χ2n) is 7.05. The van der Waals surface area contributed by atoms with Gasteiger partial charge in [0.2, 0.25) is 0 Å². The summed E-state index contributed by atoms with van der Waals surface area (Å²) < 4.78 is 40.6. The summed E-state index contributed by atoms with van der Waals surface area (Å²) in [5, 5.41) is 2.04. The molecule has 1 nitrogen and oxygen atoms in total. The molecule has 0 spiro atoms. The first-order valence-electron chi connectivity index (χ1n) is 10.3. The monoisotopic (exact) mass is 351 g/mol. The van der Waals surface area contributed by atoms with Gasteiger partial charge in [-0.05, 0) is 12.8 Å². The average molecular weight is 352 g/mol. The van der Waals surface area contributed by atoms with Crippen LogP contribution in [-0.2, 0) is 0 Å². The van der Waals surface area contributed by atoms with E-state index in [1.807, 2.05) is 12.2 Å². The van der Waals surface area contributed by atoms with Crippen LogP contribution in [-0.4, -0.2) is 18.8 Å². The molecule has 4 heteroatoms. The Labute approximate surface area is 148 Å². The number of alkyl halides is 3. The highest BCUT2D eigenvalue weighted by Crippen LogP contribution is 2.23. The van der Waals surface area contributed by atoms with Crippen LogP contribution in [0.15, 0.2) is 0 Å². The molecule has 0 heterocycles. The molecule has 0 aliphatic carbocycles. The lowest BCUT2D eigenvalue weighted by molar-refractivity contribution is -0.103. The number of hydrogen-bond acceptors (Lipinski definition) is 1. The average Bonchev–Trinajstić information content (AvgIpc) is 2.55. The maximum Gasteiger partial charge on any atom is 0.333 e. The molecule has 0 saturated carbocycles. The third-order valence-corrected chi connectivity index (χ3v) is 4.60. The second kappa shape index (κ2) is 16.2. The van der Waals surface area contributed by atoms with Crippen molar-refractivity contribution in [1.82, 2.24) is 5.32 Å². The van der Waals surface area contributed by atoms with Crippen molar-refractivity contribution in [3.8, 4) is 0 Å². The minimum absolute atomic E-state index is 0.0381. The minimum Gasteiger partial charge on any atom is -0.256 e. The highest BCUT2D eigenvalue weighted by molar-refractivity contribution is 4.74. The lowest BCUT2D eigenvalue weighted by Gasteiger charge is -2.21. The van der Waals surface area contributed by atoms with Crippen LogP contribution in [0.4, 0.5) is 13.2 Å². The Morgan fingerprint density at radius 1 is 0.667 bits per heavy atom. The van der Waals surface area contributed by atoms with Crippen LogP contribution >= 0.6 is 0 Å². The van der Waals surface area contributed by atoms with E-state index in [4.69, 9.17) is 0 Å². The fourth-order valence-corrected chi connectivity index (χ4v) is 2.89. The Morgan fingerprint density at radius 2 is 1.08 bits per heavy atom. The molecule has 0 fully saturated rings. The Morgan fingerprint density at radius 3 is 1.54 bits per heavy atom. The number of rotatable bonds is 18. The number of nitrogens with one attached hydrogen (secondary N) is 1. The zero-order valence-corrected chi connectivity index (χ0v) is 16.0. The van der Waals surface area contributed by atoms with E-state index in [0.29, 0.717) is 12.8 Å². The first kappa shape index (κ1) is 23.8. The molecule has 0 saturated heterocycles. The summed E-state index contributed by atoms with van der Waals surface area (Å²) in [5.41, 5.74) is 0. The van der Waals surface area contributed by atoms with Crippen molar-refractivity contribution in [1.29, 1.82) is 0 Å². The van der Waals surface area contributed by atoms with Crippen LogP contribution in [0.1, 0.15) is 110 Å². The van der Waals surface area contributed by atoms with Gasteiger partial charge in [0.05, 0.1) is 0 Å². The maximum atomic E-state index is 13.6. The largest absolute Gasteiger partial charge is 0.333 e. The van der Waals surface area contributed by atoms with Gasteiger partial charge in [0.1, 0.15) is 0 Å². The Bertz CT molecular complexity index is 259. The van der Waals surface area contributed by atoms with Crippen LogP contribution in [0.3, 0.4) is 0 Å². The van der Waals surface area contributed by atoms with Gasteiger partial charge in [-0.3, -0.25) is 5.32 Å². The number of halogens is 3. The van der Waals surface area contributed by atoms with Crippen LogP contribution in [0, 0.1) is 0 Å². The molecular weight excluding hydrogens is 311 g/mol. The second-order valence-corrected chi connectivity index (χ2v) is 7.05. The van der Waals surface area contributed by atoms with Gasteiger partial charge < -0.3 is 0 Å². The molecule has 0 radical (unpaired) electrons. The van der Waals surface area contributed by atoms with Crippen molar-refractivity contribution >= 4 is 0 Å². The summed E-state index contributed by atoms with van der Waals surface area (Å²) >= 11 is 0. The molecular formula is C20H40F3N. The van der Waals surface area contributed by atoms with Gasteiger partial charge in [-0.15, -0.1) is 0 Å². The molecule has 0 amide bonds. The van der Waals surface area contributed by atoms with Gasteiger partial charge in [0, 0.05) is 6.54 Å². The first-order chi connectivity index (χ1) is 11.5. The molecule has 146 valence electrons. The topological polar surface area (TPSA) is 12.0 Å². The van der Waals surface area contributed by atoms with E-state index in [1.54, 1.807) is 0 Å². The Hall–Kier alpha value is -0.250. The van der Waals surface area contributed by atoms with E-state index >= 15 is 0 Å².